The minimum Gasteiger partial charge on any atom is -0.478 e. The van der Waals surface area contributed by atoms with Gasteiger partial charge in [0.05, 0.1) is 0 Å². The number of carboxylic acid groups (broad SMARTS) is 1. The third-order valence-electron chi connectivity index (χ3n) is 6.60. The van der Waals surface area contributed by atoms with Crippen molar-refractivity contribution >= 4 is 41.5 Å². The van der Waals surface area contributed by atoms with Crippen LogP contribution in [0.4, 0.5) is 21.0 Å². The number of urea groups is 1. The van der Waals surface area contributed by atoms with E-state index in [0.29, 0.717) is 23.4 Å². The predicted molar refractivity (Wildman–Crippen MR) is 173 cm³/mol. The van der Waals surface area contributed by atoms with Gasteiger partial charge < -0.3 is 31.1 Å². The highest BCUT2D eigenvalue weighted by Gasteiger charge is 2.21. The number of alkyl carbamates (subject to hydrolysis) is 1. The molecule has 4 amide bonds. The molecule has 0 aliphatic carbocycles. The molecule has 0 aliphatic rings. The third-order valence-corrected chi connectivity index (χ3v) is 6.60. The second kappa shape index (κ2) is 16.7. The summed E-state index contributed by atoms with van der Waals surface area (Å²) in [5.41, 5.74) is 4.46. The normalized spacial score (nSPS) is 11.3. The summed E-state index contributed by atoms with van der Waals surface area (Å²) in [5, 5.41) is 19.8. The molecule has 0 fully saturated rings. The second-order valence-electron chi connectivity index (χ2n) is 10.0. The van der Waals surface area contributed by atoms with Gasteiger partial charge in [0.25, 0.3) is 0 Å². The lowest BCUT2D eigenvalue weighted by atomic mass is 10.1. The van der Waals surface area contributed by atoms with Crippen LogP contribution >= 0.6 is 0 Å². The SMILES string of the molecule is O=C(O)C=Cc1cccc(NC(=O)[C@H](CCCNC(=O)OCc2ccccc2)NC(=O)Nc2ccc(-c3ccccc3)cc2)c1. The first kappa shape index (κ1) is 32.0. The van der Waals surface area contributed by atoms with Gasteiger partial charge in [0, 0.05) is 24.0 Å². The summed E-state index contributed by atoms with van der Waals surface area (Å²) < 4.78 is 5.22. The van der Waals surface area contributed by atoms with Gasteiger partial charge in [0.2, 0.25) is 5.91 Å². The number of ether oxygens (including phenoxy) is 1. The van der Waals surface area contributed by atoms with Crippen LogP contribution in [0.1, 0.15) is 24.0 Å². The Kier molecular flexibility index (Phi) is 11.9. The van der Waals surface area contributed by atoms with E-state index < -0.39 is 30.0 Å². The van der Waals surface area contributed by atoms with Gasteiger partial charge >= 0.3 is 18.1 Å². The van der Waals surface area contributed by atoms with Crippen LogP contribution in [-0.4, -0.2) is 41.7 Å². The zero-order valence-electron chi connectivity index (χ0n) is 24.4. The maximum absolute atomic E-state index is 13.3. The molecule has 0 bridgehead atoms. The molecule has 10 heteroatoms. The maximum Gasteiger partial charge on any atom is 0.407 e. The summed E-state index contributed by atoms with van der Waals surface area (Å²) in [7, 11) is 0. The Morgan fingerprint density at radius 1 is 0.756 bits per heavy atom. The van der Waals surface area contributed by atoms with E-state index in [0.717, 1.165) is 22.8 Å². The van der Waals surface area contributed by atoms with Crippen LogP contribution in [0.25, 0.3) is 17.2 Å². The molecule has 4 aromatic rings. The van der Waals surface area contributed by atoms with Crippen LogP contribution in [0.5, 0.6) is 0 Å². The number of nitrogens with one attached hydrogen (secondary N) is 4. The van der Waals surface area contributed by atoms with E-state index in [9.17, 15) is 19.2 Å². The molecule has 0 heterocycles. The quantitative estimate of drug-likeness (QED) is 0.0894. The molecular formula is C35H34N4O6. The van der Waals surface area contributed by atoms with E-state index in [2.05, 4.69) is 21.3 Å². The first-order chi connectivity index (χ1) is 21.9. The Balaban J connectivity index is 1.35. The topological polar surface area (TPSA) is 146 Å². The van der Waals surface area contributed by atoms with Crippen LogP contribution in [0.2, 0.25) is 0 Å². The standard InChI is InChI=1S/C35H34N4O6/c40-32(41)21-16-25-11-7-14-30(23-25)37-33(42)31(15-8-22-36-35(44)45-24-26-9-3-1-4-10-26)39-34(43)38-29-19-17-28(18-20-29)27-12-5-2-6-13-27/h1-7,9-14,16-21,23,31H,8,15,22,24H2,(H,36,44)(H,37,42)(H,40,41)(H2,38,39,43)/t31-/m0/s1. The highest BCUT2D eigenvalue weighted by molar-refractivity contribution is 5.99. The fraction of sp³-hybridized carbons (Fsp3) is 0.143. The Labute approximate surface area is 261 Å². The summed E-state index contributed by atoms with van der Waals surface area (Å²) in [6.45, 7) is 0.351. The zero-order valence-corrected chi connectivity index (χ0v) is 24.4. The Bertz CT molecular complexity index is 1610. The van der Waals surface area contributed by atoms with Crippen molar-refractivity contribution in [1.29, 1.82) is 0 Å². The molecule has 0 saturated carbocycles. The number of hydrogen-bond donors (Lipinski definition) is 5. The van der Waals surface area contributed by atoms with E-state index in [4.69, 9.17) is 9.84 Å². The first-order valence-corrected chi connectivity index (χ1v) is 14.4. The van der Waals surface area contributed by atoms with Crippen molar-refractivity contribution in [2.45, 2.75) is 25.5 Å². The van der Waals surface area contributed by atoms with Gasteiger partial charge in [-0.3, -0.25) is 4.79 Å². The van der Waals surface area contributed by atoms with Gasteiger partial charge in [-0.05, 0) is 65.4 Å². The van der Waals surface area contributed by atoms with Crippen LogP contribution in [0.15, 0.2) is 115 Å². The molecule has 10 nitrogen and oxygen atoms in total. The van der Waals surface area contributed by atoms with Crippen LogP contribution < -0.4 is 21.3 Å². The molecular weight excluding hydrogens is 572 g/mol. The van der Waals surface area contributed by atoms with Crippen molar-refractivity contribution in [3.63, 3.8) is 0 Å². The summed E-state index contributed by atoms with van der Waals surface area (Å²) in [6, 6.07) is 31.6. The van der Waals surface area contributed by atoms with Crippen molar-refractivity contribution in [3.8, 4) is 11.1 Å². The number of anilines is 2. The summed E-state index contributed by atoms with van der Waals surface area (Å²) in [6.07, 6.45) is 2.40. The molecule has 5 N–H and O–H groups in total. The number of benzene rings is 4. The molecule has 0 spiro atoms. The molecule has 1 atom stereocenters. The fourth-order valence-electron chi connectivity index (χ4n) is 4.36. The van der Waals surface area contributed by atoms with E-state index in [1.165, 1.54) is 6.08 Å². The molecule has 4 rings (SSSR count). The highest BCUT2D eigenvalue weighted by Crippen LogP contribution is 2.21. The van der Waals surface area contributed by atoms with Gasteiger partial charge in [0.15, 0.2) is 0 Å². The summed E-state index contributed by atoms with van der Waals surface area (Å²) in [5.74, 6) is -1.57. The minimum absolute atomic E-state index is 0.131. The summed E-state index contributed by atoms with van der Waals surface area (Å²) >= 11 is 0. The molecule has 0 aromatic heterocycles. The first-order valence-electron chi connectivity index (χ1n) is 14.4. The number of hydrogen-bond acceptors (Lipinski definition) is 5. The number of carbonyl (C=O) groups is 4. The molecule has 0 aliphatic heterocycles. The van der Waals surface area contributed by atoms with Crippen LogP contribution in [-0.2, 0) is 20.9 Å². The van der Waals surface area contributed by atoms with Crippen molar-refractivity contribution < 1.29 is 29.0 Å². The molecule has 4 aromatic carbocycles. The number of amides is 4. The van der Waals surface area contributed by atoms with E-state index in [-0.39, 0.29) is 19.6 Å². The van der Waals surface area contributed by atoms with Crippen LogP contribution in [0, 0.1) is 0 Å². The average molecular weight is 607 g/mol. The number of carboxylic acids is 1. The molecule has 230 valence electrons. The van der Waals surface area contributed by atoms with Crippen molar-refractivity contribution in [2.24, 2.45) is 0 Å². The zero-order chi connectivity index (χ0) is 31.9. The smallest absolute Gasteiger partial charge is 0.407 e. The largest absolute Gasteiger partial charge is 0.478 e. The van der Waals surface area contributed by atoms with Gasteiger partial charge in [-0.15, -0.1) is 0 Å². The van der Waals surface area contributed by atoms with Crippen molar-refractivity contribution in [1.82, 2.24) is 10.6 Å². The van der Waals surface area contributed by atoms with Gasteiger partial charge in [-0.1, -0.05) is 84.9 Å². The van der Waals surface area contributed by atoms with Gasteiger partial charge in [-0.25, -0.2) is 14.4 Å². The highest BCUT2D eigenvalue weighted by atomic mass is 16.5. The minimum atomic E-state index is -1.09. The summed E-state index contributed by atoms with van der Waals surface area (Å²) in [4.78, 5) is 49.2. The molecule has 0 radical (unpaired) electrons. The fourth-order valence-corrected chi connectivity index (χ4v) is 4.36. The monoisotopic (exact) mass is 606 g/mol. The van der Waals surface area contributed by atoms with Crippen LogP contribution in [0.3, 0.4) is 0 Å². The predicted octanol–water partition coefficient (Wildman–Crippen LogP) is 6.29. The lowest BCUT2D eigenvalue weighted by molar-refractivity contribution is -0.131. The maximum atomic E-state index is 13.3. The Hall–Kier alpha value is -5.90. The van der Waals surface area contributed by atoms with Gasteiger partial charge in [-0.2, -0.15) is 0 Å². The number of carbonyl (C=O) groups excluding carboxylic acids is 3. The average Bonchev–Trinajstić information content (AvgIpc) is 3.05. The van der Waals surface area contributed by atoms with E-state index >= 15 is 0 Å². The molecule has 45 heavy (non-hydrogen) atoms. The number of rotatable bonds is 13. The van der Waals surface area contributed by atoms with Crippen molar-refractivity contribution in [2.75, 3.05) is 17.2 Å². The Morgan fingerprint density at radius 3 is 2.16 bits per heavy atom. The second-order valence-corrected chi connectivity index (χ2v) is 10.0. The van der Waals surface area contributed by atoms with Gasteiger partial charge in [0.1, 0.15) is 12.6 Å². The Morgan fingerprint density at radius 2 is 1.44 bits per heavy atom. The number of aliphatic carboxylic acids is 1. The lowest BCUT2D eigenvalue weighted by Crippen LogP contribution is -2.46. The lowest BCUT2D eigenvalue weighted by Gasteiger charge is -2.19. The third kappa shape index (κ3) is 11.0. The van der Waals surface area contributed by atoms with E-state index in [1.807, 2.05) is 72.8 Å². The molecule has 0 unspecified atom stereocenters. The van der Waals surface area contributed by atoms with Crippen molar-refractivity contribution in [3.05, 3.63) is 126 Å². The van der Waals surface area contributed by atoms with E-state index in [1.54, 1.807) is 36.4 Å². The molecule has 0 saturated heterocycles.